The summed E-state index contributed by atoms with van der Waals surface area (Å²) < 4.78 is 4.89. The number of rotatable bonds is 7. The molecule has 0 unspecified atom stereocenters. The number of carbonyl (C=O) groups excluding carboxylic acids is 2. The standard InChI is InChI=1S/C16H20N4O3/c1-3-4-5-7-18-16(22)13-10-12(6-8-17-13)15(21)19-14-9-11(2)23-20-14/h6,8-10H,3-5,7H2,1-2H3,(H,18,22)(H,19,20,21). The van der Waals surface area contributed by atoms with Crippen LogP contribution >= 0.6 is 0 Å². The molecule has 2 aromatic heterocycles. The van der Waals surface area contributed by atoms with Crippen molar-refractivity contribution in [3.63, 3.8) is 0 Å². The predicted molar refractivity (Wildman–Crippen MR) is 85.3 cm³/mol. The number of amides is 2. The number of aryl methyl sites for hydroxylation is 1. The van der Waals surface area contributed by atoms with E-state index in [4.69, 9.17) is 4.52 Å². The van der Waals surface area contributed by atoms with Gasteiger partial charge in [0.25, 0.3) is 11.8 Å². The van der Waals surface area contributed by atoms with Crippen LogP contribution in [0.25, 0.3) is 0 Å². The molecule has 0 aromatic carbocycles. The van der Waals surface area contributed by atoms with Gasteiger partial charge in [0.2, 0.25) is 0 Å². The van der Waals surface area contributed by atoms with Crippen molar-refractivity contribution >= 4 is 17.6 Å². The first-order chi connectivity index (χ1) is 11.1. The number of hydrogen-bond donors (Lipinski definition) is 2. The average Bonchev–Trinajstić information content (AvgIpc) is 2.96. The van der Waals surface area contributed by atoms with Gasteiger partial charge in [0.15, 0.2) is 5.82 Å². The largest absolute Gasteiger partial charge is 0.360 e. The molecule has 122 valence electrons. The fraction of sp³-hybridized carbons (Fsp3) is 0.375. The summed E-state index contributed by atoms with van der Waals surface area (Å²) in [4.78, 5) is 28.2. The minimum absolute atomic E-state index is 0.213. The van der Waals surface area contributed by atoms with E-state index in [2.05, 4.69) is 27.7 Å². The number of nitrogens with zero attached hydrogens (tertiary/aromatic N) is 2. The van der Waals surface area contributed by atoms with Gasteiger partial charge in [-0.25, -0.2) is 0 Å². The summed E-state index contributed by atoms with van der Waals surface area (Å²) in [5.41, 5.74) is 0.546. The zero-order valence-corrected chi connectivity index (χ0v) is 13.3. The molecule has 2 heterocycles. The Bertz CT molecular complexity index is 681. The highest BCUT2D eigenvalue weighted by molar-refractivity contribution is 6.05. The number of unbranched alkanes of at least 4 members (excludes halogenated alkanes) is 2. The number of nitrogens with one attached hydrogen (secondary N) is 2. The maximum atomic E-state index is 12.1. The number of aromatic nitrogens is 2. The maximum Gasteiger partial charge on any atom is 0.269 e. The number of pyridine rings is 1. The van der Waals surface area contributed by atoms with Crippen molar-refractivity contribution in [2.24, 2.45) is 0 Å². The number of carbonyl (C=O) groups is 2. The fourth-order valence-corrected chi connectivity index (χ4v) is 1.98. The van der Waals surface area contributed by atoms with Crippen molar-refractivity contribution in [1.29, 1.82) is 0 Å². The van der Waals surface area contributed by atoms with E-state index in [0.717, 1.165) is 19.3 Å². The highest BCUT2D eigenvalue weighted by Gasteiger charge is 2.13. The second kappa shape index (κ2) is 8.07. The van der Waals surface area contributed by atoms with Crippen LogP contribution in [0.4, 0.5) is 5.82 Å². The highest BCUT2D eigenvalue weighted by atomic mass is 16.5. The van der Waals surface area contributed by atoms with E-state index in [9.17, 15) is 9.59 Å². The lowest BCUT2D eigenvalue weighted by molar-refractivity contribution is 0.0948. The van der Waals surface area contributed by atoms with E-state index >= 15 is 0 Å². The van der Waals surface area contributed by atoms with Crippen molar-refractivity contribution < 1.29 is 14.1 Å². The minimum Gasteiger partial charge on any atom is -0.360 e. The number of anilines is 1. The Balaban J connectivity index is 1.98. The summed E-state index contributed by atoms with van der Waals surface area (Å²) in [7, 11) is 0. The monoisotopic (exact) mass is 316 g/mol. The first kappa shape index (κ1) is 16.7. The van der Waals surface area contributed by atoms with Crippen molar-refractivity contribution in [2.75, 3.05) is 11.9 Å². The Hall–Kier alpha value is -2.70. The van der Waals surface area contributed by atoms with Crippen LogP contribution in [0.3, 0.4) is 0 Å². The van der Waals surface area contributed by atoms with Gasteiger partial charge in [-0.1, -0.05) is 24.9 Å². The molecule has 7 nitrogen and oxygen atoms in total. The van der Waals surface area contributed by atoms with Crippen molar-refractivity contribution in [1.82, 2.24) is 15.5 Å². The molecule has 0 bridgehead atoms. The van der Waals surface area contributed by atoms with Crippen LogP contribution in [0.2, 0.25) is 0 Å². The van der Waals surface area contributed by atoms with E-state index < -0.39 is 0 Å². The highest BCUT2D eigenvalue weighted by Crippen LogP contribution is 2.10. The summed E-state index contributed by atoms with van der Waals surface area (Å²) >= 11 is 0. The molecule has 0 aliphatic heterocycles. The van der Waals surface area contributed by atoms with Gasteiger partial charge in [-0.2, -0.15) is 0 Å². The van der Waals surface area contributed by atoms with Crippen LogP contribution in [-0.2, 0) is 0 Å². The minimum atomic E-state index is -0.374. The van der Waals surface area contributed by atoms with E-state index in [-0.39, 0.29) is 17.5 Å². The molecule has 0 saturated carbocycles. The zero-order valence-electron chi connectivity index (χ0n) is 13.3. The van der Waals surface area contributed by atoms with Gasteiger partial charge in [-0.05, 0) is 25.5 Å². The molecule has 2 aromatic rings. The summed E-state index contributed by atoms with van der Waals surface area (Å²) in [5, 5.41) is 9.09. The van der Waals surface area contributed by atoms with Gasteiger partial charge in [-0.15, -0.1) is 0 Å². The van der Waals surface area contributed by atoms with Crippen LogP contribution in [-0.4, -0.2) is 28.5 Å². The molecule has 0 saturated heterocycles. The van der Waals surface area contributed by atoms with E-state index in [1.807, 2.05) is 0 Å². The Morgan fingerprint density at radius 3 is 2.74 bits per heavy atom. The average molecular weight is 316 g/mol. The normalized spacial score (nSPS) is 10.3. The van der Waals surface area contributed by atoms with Gasteiger partial charge in [0.05, 0.1) is 0 Å². The van der Waals surface area contributed by atoms with E-state index in [1.165, 1.54) is 18.3 Å². The van der Waals surface area contributed by atoms with E-state index in [0.29, 0.717) is 23.7 Å². The Morgan fingerprint density at radius 2 is 2.04 bits per heavy atom. The second-order valence-electron chi connectivity index (χ2n) is 5.17. The van der Waals surface area contributed by atoms with Crippen molar-refractivity contribution in [2.45, 2.75) is 33.1 Å². The van der Waals surface area contributed by atoms with Crippen LogP contribution in [0.15, 0.2) is 28.9 Å². The Morgan fingerprint density at radius 1 is 1.22 bits per heavy atom. The summed E-state index contributed by atoms with van der Waals surface area (Å²) in [5.74, 6) is 0.269. The van der Waals surface area contributed by atoms with Crippen molar-refractivity contribution in [3.8, 4) is 0 Å². The van der Waals surface area contributed by atoms with E-state index in [1.54, 1.807) is 13.0 Å². The van der Waals surface area contributed by atoms with Gasteiger partial charge in [-0.3, -0.25) is 14.6 Å². The molecule has 2 N–H and O–H groups in total. The predicted octanol–water partition coefficient (Wildman–Crippen LogP) is 2.55. The fourth-order valence-electron chi connectivity index (χ4n) is 1.98. The third-order valence-electron chi connectivity index (χ3n) is 3.19. The maximum absolute atomic E-state index is 12.1. The lowest BCUT2D eigenvalue weighted by atomic mass is 10.2. The Labute approximate surface area is 134 Å². The quantitative estimate of drug-likeness (QED) is 0.765. The summed E-state index contributed by atoms with van der Waals surface area (Å²) in [6, 6.07) is 4.61. The molecule has 0 atom stereocenters. The third kappa shape index (κ3) is 4.91. The molecule has 2 rings (SSSR count). The second-order valence-corrected chi connectivity index (χ2v) is 5.17. The first-order valence-corrected chi connectivity index (χ1v) is 7.59. The molecule has 23 heavy (non-hydrogen) atoms. The lowest BCUT2D eigenvalue weighted by Crippen LogP contribution is -2.25. The van der Waals surface area contributed by atoms with Crippen molar-refractivity contribution in [3.05, 3.63) is 41.4 Å². The van der Waals surface area contributed by atoms with Gasteiger partial charge < -0.3 is 15.2 Å². The Kier molecular flexibility index (Phi) is 5.85. The molecular formula is C16H20N4O3. The molecule has 0 fully saturated rings. The van der Waals surface area contributed by atoms with Crippen LogP contribution in [0.1, 0.15) is 52.8 Å². The first-order valence-electron chi connectivity index (χ1n) is 7.59. The van der Waals surface area contributed by atoms with Gasteiger partial charge in [0.1, 0.15) is 11.5 Å². The van der Waals surface area contributed by atoms with Gasteiger partial charge in [0, 0.05) is 24.4 Å². The topological polar surface area (TPSA) is 97.1 Å². The zero-order chi connectivity index (χ0) is 16.7. The number of hydrogen-bond acceptors (Lipinski definition) is 5. The SMILES string of the molecule is CCCCCNC(=O)c1cc(C(=O)Nc2cc(C)on2)ccn1. The third-order valence-corrected chi connectivity index (χ3v) is 3.19. The summed E-state index contributed by atoms with van der Waals surface area (Å²) in [6.45, 7) is 4.43. The molecule has 0 spiro atoms. The molecule has 7 heteroatoms. The van der Waals surface area contributed by atoms with Gasteiger partial charge >= 0.3 is 0 Å². The van der Waals surface area contributed by atoms with Crippen LogP contribution < -0.4 is 10.6 Å². The smallest absolute Gasteiger partial charge is 0.269 e. The molecule has 0 aliphatic rings. The summed E-state index contributed by atoms with van der Waals surface area (Å²) in [6.07, 6.45) is 4.51. The molecule has 0 radical (unpaired) electrons. The van der Waals surface area contributed by atoms with Crippen LogP contribution in [0.5, 0.6) is 0 Å². The molecule has 0 aliphatic carbocycles. The molecule has 2 amide bonds. The van der Waals surface area contributed by atoms with Crippen LogP contribution in [0, 0.1) is 6.92 Å². The molecular weight excluding hydrogens is 296 g/mol. The lowest BCUT2D eigenvalue weighted by Gasteiger charge is -2.06.